The van der Waals surface area contributed by atoms with Gasteiger partial charge in [0, 0.05) is 17.2 Å². The average molecular weight is 269 g/mol. The molecule has 4 heteroatoms. The molecule has 0 N–H and O–H groups in total. The van der Waals surface area contributed by atoms with Crippen LogP contribution in [0.25, 0.3) is 0 Å². The summed E-state index contributed by atoms with van der Waals surface area (Å²) in [7, 11) is 0. The summed E-state index contributed by atoms with van der Waals surface area (Å²) in [5.74, 6) is 1.13. The maximum absolute atomic E-state index is 11.4. The molecule has 1 aromatic heterocycles. The number of rotatable bonds is 2. The van der Waals surface area contributed by atoms with E-state index in [1.807, 2.05) is 12.1 Å². The van der Waals surface area contributed by atoms with Gasteiger partial charge in [0.15, 0.2) is 5.78 Å². The van der Waals surface area contributed by atoms with E-state index in [2.05, 4.69) is 25.8 Å². The molecule has 1 fully saturated rings. The number of nitrogens with zero attached hydrogens (tertiary/aromatic N) is 2. The van der Waals surface area contributed by atoms with Gasteiger partial charge in [-0.05, 0) is 47.8 Å². The lowest BCUT2D eigenvalue weighted by Crippen LogP contribution is -2.35. The Morgan fingerprint density at radius 2 is 2.40 bits per heavy atom. The summed E-state index contributed by atoms with van der Waals surface area (Å²) in [6.45, 7) is 2.58. The van der Waals surface area contributed by atoms with Crippen LogP contribution in [0.5, 0.6) is 0 Å². The molecule has 15 heavy (non-hydrogen) atoms. The number of hydrogen-bond donors (Lipinski definition) is 0. The van der Waals surface area contributed by atoms with E-state index >= 15 is 0 Å². The van der Waals surface area contributed by atoms with Gasteiger partial charge in [-0.25, -0.2) is 4.98 Å². The van der Waals surface area contributed by atoms with E-state index in [0.29, 0.717) is 0 Å². The van der Waals surface area contributed by atoms with E-state index in [9.17, 15) is 4.79 Å². The third-order valence-corrected chi connectivity index (χ3v) is 3.20. The molecule has 0 spiro atoms. The van der Waals surface area contributed by atoms with Gasteiger partial charge < -0.3 is 4.90 Å². The van der Waals surface area contributed by atoms with Crippen LogP contribution in [0.1, 0.15) is 19.8 Å². The molecule has 0 aliphatic carbocycles. The normalized spacial score (nSPS) is 20.7. The second-order valence-corrected chi connectivity index (χ2v) is 4.71. The van der Waals surface area contributed by atoms with Crippen molar-refractivity contribution in [2.24, 2.45) is 0 Å². The second kappa shape index (κ2) is 4.31. The van der Waals surface area contributed by atoms with Crippen molar-refractivity contribution < 1.29 is 4.79 Å². The molecule has 1 aliphatic heterocycles. The molecule has 1 atom stereocenters. The number of Topliss-reactive ketones (excluding diaryl/α,β-unsaturated/α-hetero) is 1. The number of ketones is 1. The van der Waals surface area contributed by atoms with Crippen molar-refractivity contribution in [3.05, 3.63) is 22.8 Å². The van der Waals surface area contributed by atoms with Gasteiger partial charge in [-0.2, -0.15) is 0 Å². The third kappa shape index (κ3) is 2.20. The van der Waals surface area contributed by atoms with E-state index in [1.165, 1.54) is 0 Å². The maximum atomic E-state index is 11.4. The van der Waals surface area contributed by atoms with Crippen molar-refractivity contribution in [3.8, 4) is 0 Å². The van der Waals surface area contributed by atoms with Crippen molar-refractivity contribution in [3.63, 3.8) is 0 Å². The molecule has 3 nitrogen and oxygen atoms in total. The molecule has 0 aromatic carbocycles. The molecule has 0 radical (unpaired) electrons. The van der Waals surface area contributed by atoms with Crippen molar-refractivity contribution in [2.45, 2.75) is 25.8 Å². The zero-order chi connectivity index (χ0) is 10.8. The standard InChI is InChI=1S/C11H13BrN2O/c1-8(15)10-3-2-6-14(10)11-5-4-9(12)7-13-11/h4-5,7,10H,2-3,6H2,1H3. The molecule has 1 saturated heterocycles. The molecule has 0 saturated carbocycles. The Labute approximate surface area is 97.6 Å². The molecule has 2 rings (SSSR count). The first-order valence-electron chi connectivity index (χ1n) is 5.07. The predicted molar refractivity (Wildman–Crippen MR) is 63.0 cm³/mol. The van der Waals surface area contributed by atoms with Crippen LogP contribution in [0.4, 0.5) is 5.82 Å². The maximum Gasteiger partial charge on any atom is 0.152 e. The van der Waals surface area contributed by atoms with Gasteiger partial charge in [0.05, 0.1) is 6.04 Å². The number of pyridine rings is 1. The second-order valence-electron chi connectivity index (χ2n) is 3.80. The quantitative estimate of drug-likeness (QED) is 0.826. The number of carbonyl (C=O) groups is 1. The van der Waals surface area contributed by atoms with Crippen LogP contribution in [0, 0.1) is 0 Å². The van der Waals surface area contributed by atoms with Crippen LogP contribution < -0.4 is 4.90 Å². The summed E-state index contributed by atoms with van der Waals surface area (Å²) in [5, 5.41) is 0. The van der Waals surface area contributed by atoms with Crippen molar-refractivity contribution in [2.75, 3.05) is 11.4 Å². The summed E-state index contributed by atoms with van der Waals surface area (Å²) in [4.78, 5) is 17.8. The topological polar surface area (TPSA) is 33.2 Å². The van der Waals surface area contributed by atoms with Gasteiger partial charge in [-0.3, -0.25) is 4.79 Å². The molecule has 2 heterocycles. The molecule has 0 amide bonds. The molecule has 1 unspecified atom stereocenters. The Kier molecular flexibility index (Phi) is 3.05. The summed E-state index contributed by atoms with van der Waals surface area (Å²) < 4.78 is 0.963. The van der Waals surface area contributed by atoms with Gasteiger partial charge in [0.25, 0.3) is 0 Å². The fourth-order valence-electron chi connectivity index (χ4n) is 2.00. The van der Waals surface area contributed by atoms with Crippen LogP contribution in [0.15, 0.2) is 22.8 Å². The van der Waals surface area contributed by atoms with E-state index in [-0.39, 0.29) is 11.8 Å². The first-order valence-corrected chi connectivity index (χ1v) is 5.86. The van der Waals surface area contributed by atoms with E-state index < -0.39 is 0 Å². The molecular formula is C11H13BrN2O. The smallest absolute Gasteiger partial charge is 0.152 e. The highest BCUT2D eigenvalue weighted by Crippen LogP contribution is 2.24. The summed E-state index contributed by atoms with van der Waals surface area (Å²) in [5.41, 5.74) is 0. The fraction of sp³-hybridized carbons (Fsp3) is 0.455. The Morgan fingerprint density at radius 3 is 3.00 bits per heavy atom. The highest BCUT2D eigenvalue weighted by Gasteiger charge is 2.28. The number of anilines is 1. The summed E-state index contributed by atoms with van der Waals surface area (Å²) >= 11 is 3.35. The summed E-state index contributed by atoms with van der Waals surface area (Å²) in [6, 6.07) is 3.93. The van der Waals surface area contributed by atoms with Crippen LogP contribution in [0.2, 0.25) is 0 Å². The molecule has 1 aromatic rings. The van der Waals surface area contributed by atoms with Crippen LogP contribution in [0.3, 0.4) is 0 Å². The summed E-state index contributed by atoms with van der Waals surface area (Å²) in [6.07, 6.45) is 3.79. The largest absolute Gasteiger partial charge is 0.347 e. The fourth-order valence-corrected chi connectivity index (χ4v) is 2.24. The van der Waals surface area contributed by atoms with Gasteiger partial charge in [-0.1, -0.05) is 0 Å². The Morgan fingerprint density at radius 1 is 1.60 bits per heavy atom. The van der Waals surface area contributed by atoms with E-state index in [0.717, 1.165) is 29.7 Å². The minimum atomic E-state index is 0.0266. The predicted octanol–water partition coefficient (Wildman–Crippen LogP) is 2.40. The minimum Gasteiger partial charge on any atom is -0.347 e. The number of aromatic nitrogens is 1. The SMILES string of the molecule is CC(=O)C1CCCN1c1ccc(Br)cn1. The lowest BCUT2D eigenvalue weighted by molar-refractivity contribution is -0.118. The lowest BCUT2D eigenvalue weighted by Gasteiger charge is -2.23. The minimum absolute atomic E-state index is 0.0266. The highest BCUT2D eigenvalue weighted by molar-refractivity contribution is 9.10. The third-order valence-electron chi connectivity index (χ3n) is 2.73. The van der Waals surface area contributed by atoms with Gasteiger partial charge in [-0.15, -0.1) is 0 Å². The van der Waals surface area contributed by atoms with Crippen LogP contribution in [-0.4, -0.2) is 23.4 Å². The molecule has 0 bridgehead atoms. The number of hydrogen-bond acceptors (Lipinski definition) is 3. The zero-order valence-electron chi connectivity index (χ0n) is 8.61. The van der Waals surface area contributed by atoms with Crippen molar-refractivity contribution in [1.82, 2.24) is 4.98 Å². The Balaban J connectivity index is 2.22. The van der Waals surface area contributed by atoms with Crippen LogP contribution >= 0.6 is 15.9 Å². The average Bonchev–Trinajstić information content (AvgIpc) is 2.67. The molecular weight excluding hydrogens is 256 g/mol. The van der Waals surface area contributed by atoms with Crippen molar-refractivity contribution in [1.29, 1.82) is 0 Å². The van der Waals surface area contributed by atoms with E-state index in [1.54, 1.807) is 13.1 Å². The number of halogens is 1. The lowest BCUT2D eigenvalue weighted by atomic mass is 10.1. The van der Waals surface area contributed by atoms with E-state index in [4.69, 9.17) is 0 Å². The van der Waals surface area contributed by atoms with Crippen LogP contribution in [-0.2, 0) is 4.79 Å². The van der Waals surface area contributed by atoms with Gasteiger partial charge in [0.2, 0.25) is 0 Å². The monoisotopic (exact) mass is 268 g/mol. The van der Waals surface area contributed by atoms with Gasteiger partial charge >= 0.3 is 0 Å². The molecule has 1 aliphatic rings. The van der Waals surface area contributed by atoms with Crippen molar-refractivity contribution >= 4 is 27.5 Å². The highest BCUT2D eigenvalue weighted by atomic mass is 79.9. The molecule has 80 valence electrons. The first kappa shape index (κ1) is 10.6. The zero-order valence-corrected chi connectivity index (χ0v) is 10.2. The Bertz CT molecular complexity index is 363. The first-order chi connectivity index (χ1) is 7.18. The Hall–Kier alpha value is -0.900. The van der Waals surface area contributed by atoms with Gasteiger partial charge in [0.1, 0.15) is 5.82 Å². The number of carbonyl (C=O) groups excluding carboxylic acids is 1.